The van der Waals surface area contributed by atoms with Crippen molar-refractivity contribution in [3.05, 3.63) is 134 Å². The van der Waals surface area contributed by atoms with Crippen LogP contribution < -0.4 is 0 Å². The number of rotatable bonds is 57. The first kappa shape index (κ1) is 76.1. The van der Waals surface area contributed by atoms with Crippen molar-refractivity contribution in [1.82, 2.24) is 0 Å². The summed E-state index contributed by atoms with van der Waals surface area (Å²) in [7, 11) is 1.43. The van der Waals surface area contributed by atoms with Crippen molar-refractivity contribution in [1.29, 1.82) is 0 Å². The summed E-state index contributed by atoms with van der Waals surface area (Å²) in [5, 5.41) is 0. The third-order valence-electron chi connectivity index (χ3n) is 13.2. The maximum atomic E-state index is 12.8. The van der Waals surface area contributed by atoms with Crippen LogP contribution in [0.1, 0.15) is 245 Å². The van der Waals surface area contributed by atoms with E-state index in [1.807, 2.05) is 21.1 Å². The maximum absolute atomic E-state index is 12.8. The number of hydrogen-bond donors (Lipinski definition) is 1. The molecule has 456 valence electrons. The van der Waals surface area contributed by atoms with Gasteiger partial charge in [0.1, 0.15) is 19.8 Å². The van der Waals surface area contributed by atoms with Crippen molar-refractivity contribution in [2.75, 3.05) is 47.5 Å². The maximum Gasteiger partial charge on any atom is 0.472 e. The number of allylic oxidation sites excluding steroid dienone is 22. The van der Waals surface area contributed by atoms with Crippen LogP contribution in [0.5, 0.6) is 0 Å². The first-order valence-corrected chi connectivity index (χ1v) is 33.4. The van der Waals surface area contributed by atoms with E-state index in [4.69, 9.17) is 18.5 Å². The standard InChI is InChI=1S/C70H118NO8P/c1-6-8-10-12-14-16-18-20-22-24-26-28-30-31-32-33-34-35-36-37-38-39-41-43-45-47-49-51-53-55-57-59-61-63-70(73)79-68(67-78-80(74,75)77-65-64-71(3,4)5)66-76-69(72)62-60-58-56-54-52-50-48-46-44-42-40-29-27-25-23-21-19-17-15-13-11-9-7-2/h8,10,14,16,20,22,25-28,31-32,34-35,37-38,41,43,47,49,53,55,68H,6-7,9,11-13,15,17-19,21,23-24,29-30,33,36,39-40,42,44-46,48,50-52,54,56-67H2,1-5H3/p+1/b10-8-,16-14-,22-20-,27-25-,28-26-,32-31-,35-34-,38-37-,43-41-,49-47-,55-53-. The molecule has 2 unspecified atom stereocenters. The average Bonchev–Trinajstić information content (AvgIpc) is 3.42. The summed E-state index contributed by atoms with van der Waals surface area (Å²) in [6, 6.07) is 0. The van der Waals surface area contributed by atoms with E-state index in [1.54, 1.807) is 0 Å². The van der Waals surface area contributed by atoms with Gasteiger partial charge in [0.05, 0.1) is 27.7 Å². The number of unbranched alkanes of at least 4 members (excludes halogenated alkanes) is 21. The minimum absolute atomic E-state index is 0.0161. The van der Waals surface area contributed by atoms with Crippen molar-refractivity contribution >= 4 is 19.8 Å². The van der Waals surface area contributed by atoms with Crippen molar-refractivity contribution in [3.8, 4) is 0 Å². The largest absolute Gasteiger partial charge is 0.472 e. The number of carbonyl (C=O) groups excluding carboxylic acids is 2. The summed E-state index contributed by atoms with van der Waals surface area (Å²) in [4.78, 5) is 35.8. The molecule has 0 aromatic carbocycles. The Labute approximate surface area is 491 Å². The van der Waals surface area contributed by atoms with Gasteiger partial charge in [0.2, 0.25) is 0 Å². The molecular formula is C70H119NO8P+. The Bertz CT molecular complexity index is 1810. The fourth-order valence-corrected chi connectivity index (χ4v) is 9.01. The lowest BCUT2D eigenvalue weighted by Gasteiger charge is -2.24. The van der Waals surface area contributed by atoms with Gasteiger partial charge < -0.3 is 18.9 Å². The van der Waals surface area contributed by atoms with E-state index in [2.05, 4.69) is 148 Å². The molecule has 0 aliphatic rings. The minimum Gasteiger partial charge on any atom is -0.462 e. The number of nitrogens with zero attached hydrogens (tertiary/aromatic N) is 1. The van der Waals surface area contributed by atoms with E-state index in [-0.39, 0.29) is 32.0 Å². The third-order valence-corrected chi connectivity index (χ3v) is 14.1. The second-order valence-corrected chi connectivity index (χ2v) is 23.5. The number of hydrogen-bond acceptors (Lipinski definition) is 7. The predicted octanol–water partition coefficient (Wildman–Crippen LogP) is 20.5. The van der Waals surface area contributed by atoms with E-state index in [0.29, 0.717) is 17.4 Å². The molecule has 0 saturated carbocycles. The van der Waals surface area contributed by atoms with Crippen LogP contribution in [0.2, 0.25) is 0 Å². The molecule has 0 bridgehead atoms. The van der Waals surface area contributed by atoms with Crippen molar-refractivity contribution in [2.24, 2.45) is 0 Å². The van der Waals surface area contributed by atoms with Gasteiger partial charge in [0.15, 0.2) is 6.10 Å². The summed E-state index contributed by atoms with van der Waals surface area (Å²) < 4.78 is 34.6. The smallest absolute Gasteiger partial charge is 0.462 e. The molecule has 0 spiro atoms. The summed E-state index contributed by atoms with van der Waals surface area (Å²) in [5.74, 6) is -0.855. The Morgan fingerprint density at radius 2 is 0.713 bits per heavy atom. The van der Waals surface area contributed by atoms with Gasteiger partial charge in [-0.15, -0.1) is 0 Å². The highest BCUT2D eigenvalue weighted by molar-refractivity contribution is 7.47. The number of quaternary nitrogens is 1. The number of likely N-dealkylation sites (N-methyl/N-ethyl adjacent to an activating group) is 1. The van der Waals surface area contributed by atoms with Crippen LogP contribution >= 0.6 is 7.82 Å². The molecule has 0 heterocycles. The van der Waals surface area contributed by atoms with Crippen LogP contribution in [0.25, 0.3) is 0 Å². The topological polar surface area (TPSA) is 108 Å². The Morgan fingerprint density at radius 1 is 0.400 bits per heavy atom. The summed E-state index contributed by atoms with van der Waals surface area (Å²) in [5.41, 5.74) is 0. The monoisotopic (exact) mass is 1130 g/mol. The molecule has 9 nitrogen and oxygen atoms in total. The van der Waals surface area contributed by atoms with E-state index in [1.165, 1.54) is 116 Å². The molecule has 80 heavy (non-hydrogen) atoms. The van der Waals surface area contributed by atoms with Crippen LogP contribution in [-0.4, -0.2) is 74.9 Å². The van der Waals surface area contributed by atoms with E-state index < -0.39 is 26.5 Å². The van der Waals surface area contributed by atoms with Gasteiger partial charge in [0.25, 0.3) is 0 Å². The average molecular weight is 1130 g/mol. The number of esters is 2. The van der Waals surface area contributed by atoms with Gasteiger partial charge in [0, 0.05) is 12.8 Å². The summed E-state index contributed by atoms with van der Waals surface area (Å²) >= 11 is 0. The highest BCUT2D eigenvalue weighted by Crippen LogP contribution is 2.43. The normalized spacial score (nSPS) is 14.1. The second-order valence-electron chi connectivity index (χ2n) is 22.1. The lowest BCUT2D eigenvalue weighted by Crippen LogP contribution is -2.37. The molecule has 0 saturated heterocycles. The van der Waals surface area contributed by atoms with Gasteiger partial charge in [-0.1, -0.05) is 250 Å². The zero-order valence-corrected chi connectivity index (χ0v) is 52.7. The van der Waals surface area contributed by atoms with Crippen molar-refractivity contribution in [3.63, 3.8) is 0 Å². The number of phosphoric ester groups is 1. The van der Waals surface area contributed by atoms with Gasteiger partial charge in [-0.05, 0) is 116 Å². The van der Waals surface area contributed by atoms with Crippen LogP contribution in [0.4, 0.5) is 0 Å². The van der Waals surface area contributed by atoms with E-state index in [9.17, 15) is 19.0 Å². The first-order chi connectivity index (χ1) is 39.0. The summed E-state index contributed by atoms with van der Waals surface area (Å²) in [6.07, 6.45) is 86.8. The zero-order chi connectivity index (χ0) is 58.4. The molecule has 0 aliphatic carbocycles. The molecule has 1 N–H and O–H groups in total. The van der Waals surface area contributed by atoms with Crippen molar-refractivity contribution in [2.45, 2.75) is 251 Å². The van der Waals surface area contributed by atoms with Crippen LogP contribution in [-0.2, 0) is 32.7 Å². The quantitative estimate of drug-likeness (QED) is 0.0211. The molecule has 0 amide bonds. The molecule has 2 atom stereocenters. The van der Waals surface area contributed by atoms with Crippen LogP contribution in [0, 0.1) is 0 Å². The van der Waals surface area contributed by atoms with E-state index >= 15 is 0 Å². The SMILES string of the molecule is CC/C=C\C/C=C\C/C=C\C/C=C\C/C=C\C/C=C\C/C=C\C/C=C\C/C=C\C/C=C\CCCCC(=O)OC(COC(=O)CCCCCCCCCCCCC/C=C\CCCCCCCCCC)COP(=O)(O)OCC[N+](C)(C)C. The molecule has 0 radical (unpaired) electrons. The molecule has 10 heteroatoms. The fourth-order valence-electron chi connectivity index (χ4n) is 8.27. The Hall–Kier alpha value is -3.85. The van der Waals surface area contributed by atoms with Gasteiger partial charge in [-0.2, -0.15) is 0 Å². The third kappa shape index (κ3) is 63.3. The van der Waals surface area contributed by atoms with E-state index in [0.717, 1.165) is 96.3 Å². The number of phosphoric acid groups is 1. The lowest BCUT2D eigenvalue weighted by molar-refractivity contribution is -0.870. The lowest BCUT2D eigenvalue weighted by atomic mass is 10.0. The Balaban J connectivity index is 4.26. The van der Waals surface area contributed by atoms with Gasteiger partial charge >= 0.3 is 19.8 Å². The number of ether oxygens (including phenoxy) is 2. The first-order valence-electron chi connectivity index (χ1n) is 31.9. The molecule has 0 fully saturated rings. The highest BCUT2D eigenvalue weighted by Gasteiger charge is 2.27. The summed E-state index contributed by atoms with van der Waals surface area (Å²) in [6.45, 7) is 4.27. The predicted molar refractivity (Wildman–Crippen MR) is 344 cm³/mol. The fraction of sp³-hybridized carbons (Fsp3) is 0.657. The highest BCUT2D eigenvalue weighted by atomic mass is 31.2. The van der Waals surface area contributed by atoms with Gasteiger partial charge in [-0.25, -0.2) is 4.57 Å². The molecule has 0 rings (SSSR count). The zero-order valence-electron chi connectivity index (χ0n) is 51.8. The molecular weight excluding hydrogens is 1010 g/mol. The van der Waals surface area contributed by atoms with Gasteiger partial charge in [-0.3, -0.25) is 18.6 Å². The number of carbonyl (C=O) groups is 2. The minimum atomic E-state index is -4.41. The molecule has 0 aromatic rings. The van der Waals surface area contributed by atoms with Crippen LogP contribution in [0.15, 0.2) is 134 Å². The molecule has 0 aromatic heterocycles. The van der Waals surface area contributed by atoms with Crippen LogP contribution in [0.3, 0.4) is 0 Å². The second kappa shape index (κ2) is 59.8. The molecule has 0 aliphatic heterocycles. The Morgan fingerprint density at radius 3 is 1.10 bits per heavy atom. The Kier molecular flexibility index (Phi) is 56.9. The van der Waals surface area contributed by atoms with Crippen molar-refractivity contribution < 1.29 is 42.1 Å².